The number of esters is 1. The van der Waals surface area contributed by atoms with E-state index in [0.717, 1.165) is 36.3 Å². The van der Waals surface area contributed by atoms with Crippen LogP contribution in [-0.2, 0) is 37.1 Å². The Morgan fingerprint density at radius 2 is 1.92 bits per heavy atom. The minimum Gasteiger partial charge on any atom is -0.487 e. The maximum atomic E-state index is 14.1. The fourth-order valence-corrected chi connectivity index (χ4v) is 10.0. The maximum absolute atomic E-state index is 14.1. The topological polar surface area (TPSA) is 76.1 Å². The Balaban J connectivity index is 1.49. The molecule has 4 aliphatic rings. The molecule has 0 N–H and O–H groups in total. The van der Waals surface area contributed by atoms with Crippen LogP contribution in [-0.4, -0.2) is 67.5 Å². The summed E-state index contributed by atoms with van der Waals surface area (Å²) < 4.78 is 43.2. The van der Waals surface area contributed by atoms with Crippen molar-refractivity contribution in [2.24, 2.45) is 5.92 Å². The predicted molar refractivity (Wildman–Crippen MR) is 145 cm³/mol. The number of likely N-dealkylation sites (N-methyl/N-ethyl adjacent to an activating group) is 1. The van der Waals surface area contributed by atoms with Crippen LogP contribution in [0.1, 0.15) is 56.7 Å². The number of carbonyl (C=O) groups is 1. The van der Waals surface area contributed by atoms with Crippen molar-refractivity contribution in [2.75, 3.05) is 20.1 Å². The fourth-order valence-electron chi connectivity index (χ4n) is 8.11. The molecule has 2 heterocycles. The monoisotopic (exact) mass is 538 g/mol. The first-order chi connectivity index (χ1) is 18.1. The molecule has 2 aromatic carbocycles. The van der Waals surface area contributed by atoms with Gasteiger partial charge in [0.15, 0.2) is 0 Å². The van der Waals surface area contributed by atoms with Gasteiger partial charge in [-0.1, -0.05) is 56.3 Å². The average molecular weight is 539 g/mol. The van der Waals surface area contributed by atoms with Gasteiger partial charge in [-0.05, 0) is 62.4 Å². The highest BCUT2D eigenvalue weighted by atomic mass is 32.2. The van der Waals surface area contributed by atoms with Crippen LogP contribution in [0.2, 0.25) is 0 Å². The highest BCUT2D eigenvalue weighted by Gasteiger charge is 2.75. The molecule has 38 heavy (non-hydrogen) atoms. The molecule has 2 fully saturated rings. The van der Waals surface area contributed by atoms with Crippen LogP contribution in [0.3, 0.4) is 0 Å². The van der Waals surface area contributed by atoms with Crippen molar-refractivity contribution in [2.45, 2.75) is 81.4 Å². The molecule has 0 radical (unpaired) electrons. The van der Waals surface area contributed by atoms with Crippen LogP contribution >= 0.6 is 0 Å². The third-order valence-electron chi connectivity index (χ3n) is 9.35. The number of benzene rings is 2. The zero-order chi connectivity index (χ0) is 26.9. The van der Waals surface area contributed by atoms with Crippen molar-refractivity contribution in [1.29, 1.82) is 0 Å². The van der Waals surface area contributed by atoms with Crippen LogP contribution in [0, 0.1) is 5.92 Å². The Kier molecular flexibility index (Phi) is 6.16. The fraction of sp³-hybridized carbons (Fsp3) is 0.567. The number of hydrogen-bond acceptors (Lipinski definition) is 6. The number of piperidine rings is 1. The maximum Gasteiger partial charge on any atom is 0.303 e. The van der Waals surface area contributed by atoms with Gasteiger partial charge in [-0.2, -0.15) is 4.31 Å². The van der Waals surface area contributed by atoms with E-state index in [0.29, 0.717) is 19.4 Å². The molecule has 1 saturated carbocycles. The third kappa shape index (κ3) is 3.67. The standard InChI is InChI=1S/C30H38N2O5S/c1-20(2)18-32(38(34,35)19-22-9-6-5-7-10-22)24-13-14-30(37-21(3)33)26-17-23-11-8-12-25-27(23)29(30,28(24)36-25)15-16-31(26)4/h5-12,20,24,26,28H,13-19H2,1-4H3/t24?,26-,28?,29+,30-/m1/s1. The lowest BCUT2D eigenvalue weighted by Crippen LogP contribution is -2.79. The van der Waals surface area contributed by atoms with Crippen molar-refractivity contribution in [3.63, 3.8) is 0 Å². The van der Waals surface area contributed by atoms with Crippen LogP contribution in [0.4, 0.5) is 0 Å². The van der Waals surface area contributed by atoms with Gasteiger partial charge in [0.25, 0.3) is 0 Å². The first-order valence-electron chi connectivity index (χ1n) is 13.8. The number of rotatable bonds is 7. The average Bonchev–Trinajstić information content (AvgIpc) is 3.20. The molecule has 204 valence electrons. The van der Waals surface area contributed by atoms with Gasteiger partial charge in [0.2, 0.25) is 10.0 Å². The van der Waals surface area contributed by atoms with E-state index in [-0.39, 0.29) is 29.7 Å². The molecule has 8 heteroatoms. The molecule has 2 unspecified atom stereocenters. The summed E-state index contributed by atoms with van der Waals surface area (Å²) in [5, 5.41) is 0. The zero-order valence-electron chi connectivity index (χ0n) is 22.7. The number of sulfonamides is 1. The Bertz CT molecular complexity index is 1350. The van der Waals surface area contributed by atoms with Crippen molar-refractivity contribution in [1.82, 2.24) is 9.21 Å². The Morgan fingerprint density at radius 1 is 1.16 bits per heavy atom. The summed E-state index contributed by atoms with van der Waals surface area (Å²) in [5.41, 5.74) is 1.82. The van der Waals surface area contributed by atoms with Gasteiger partial charge >= 0.3 is 5.97 Å². The highest BCUT2D eigenvalue weighted by molar-refractivity contribution is 7.88. The number of carbonyl (C=O) groups excluding carboxylic acids is 1. The zero-order valence-corrected chi connectivity index (χ0v) is 23.5. The molecule has 2 aliphatic heterocycles. The summed E-state index contributed by atoms with van der Waals surface area (Å²) in [4.78, 5) is 15.0. The first kappa shape index (κ1) is 25.8. The second kappa shape index (κ2) is 9.07. The van der Waals surface area contributed by atoms with E-state index in [1.807, 2.05) is 42.5 Å². The Hall–Kier alpha value is -2.42. The van der Waals surface area contributed by atoms with Crippen LogP contribution in [0.5, 0.6) is 5.75 Å². The number of ether oxygens (including phenoxy) is 2. The van der Waals surface area contributed by atoms with E-state index in [4.69, 9.17) is 9.47 Å². The SMILES string of the molecule is CC(=O)O[C@@]12CCC(N(CC(C)C)S(=O)(=O)Cc3ccccc3)C3Oc4cccc5c4[C@@]31CCN(C)[C@@H]2C5. The summed E-state index contributed by atoms with van der Waals surface area (Å²) >= 11 is 0. The smallest absolute Gasteiger partial charge is 0.303 e. The summed E-state index contributed by atoms with van der Waals surface area (Å²) in [5.74, 6) is 0.638. The van der Waals surface area contributed by atoms with Crippen LogP contribution < -0.4 is 4.74 Å². The number of nitrogens with zero attached hydrogens (tertiary/aromatic N) is 2. The summed E-state index contributed by atoms with van der Waals surface area (Å²) in [6.45, 7) is 6.88. The normalized spacial score (nSPS) is 31.7. The molecule has 2 aromatic rings. The highest BCUT2D eigenvalue weighted by Crippen LogP contribution is 2.65. The van der Waals surface area contributed by atoms with E-state index in [1.165, 1.54) is 12.5 Å². The summed E-state index contributed by atoms with van der Waals surface area (Å²) in [7, 11) is -1.54. The van der Waals surface area contributed by atoms with E-state index in [9.17, 15) is 13.2 Å². The van der Waals surface area contributed by atoms with Crippen molar-refractivity contribution >= 4 is 16.0 Å². The van der Waals surface area contributed by atoms with E-state index in [2.05, 4.69) is 31.9 Å². The van der Waals surface area contributed by atoms with Crippen molar-refractivity contribution in [3.8, 4) is 5.75 Å². The third-order valence-corrected chi connectivity index (χ3v) is 11.2. The second-order valence-electron chi connectivity index (χ2n) is 12.0. The molecule has 6 rings (SSSR count). The van der Waals surface area contributed by atoms with Gasteiger partial charge in [0.05, 0.1) is 23.3 Å². The lowest BCUT2D eigenvalue weighted by molar-refractivity contribution is -0.219. The minimum atomic E-state index is -3.65. The van der Waals surface area contributed by atoms with Gasteiger partial charge < -0.3 is 9.47 Å². The molecule has 0 amide bonds. The van der Waals surface area contributed by atoms with Gasteiger partial charge in [-0.3, -0.25) is 9.69 Å². The van der Waals surface area contributed by atoms with Gasteiger partial charge in [0.1, 0.15) is 17.5 Å². The summed E-state index contributed by atoms with van der Waals surface area (Å²) in [6.07, 6.45) is 2.31. The van der Waals surface area contributed by atoms with E-state index < -0.39 is 27.1 Å². The van der Waals surface area contributed by atoms with Crippen molar-refractivity contribution < 1.29 is 22.7 Å². The van der Waals surface area contributed by atoms with Gasteiger partial charge in [0, 0.05) is 19.0 Å². The molecular formula is C30H38N2O5S. The minimum absolute atomic E-state index is 0.0209. The molecule has 2 aliphatic carbocycles. The molecule has 1 saturated heterocycles. The predicted octanol–water partition coefficient (Wildman–Crippen LogP) is 3.90. The van der Waals surface area contributed by atoms with E-state index in [1.54, 1.807) is 4.31 Å². The largest absolute Gasteiger partial charge is 0.487 e. The van der Waals surface area contributed by atoms with E-state index >= 15 is 0 Å². The lowest BCUT2D eigenvalue weighted by Gasteiger charge is -2.65. The molecule has 1 spiro atoms. The molecular weight excluding hydrogens is 500 g/mol. The molecule has 7 nitrogen and oxygen atoms in total. The lowest BCUT2D eigenvalue weighted by atomic mass is 9.48. The Morgan fingerprint density at radius 3 is 2.63 bits per heavy atom. The van der Waals surface area contributed by atoms with Crippen molar-refractivity contribution in [3.05, 3.63) is 65.2 Å². The van der Waals surface area contributed by atoms with Gasteiger partial charge in [-0.25, -0.2) is 8.42 Å². The summed E-state index contributed by atoms with van der Waals surface area (Å²) in [6, 6.07) is 15.3. The second-order valence-corrected chi connectivity index (χ2v) is 14.0. The van der Waals surface area contributed by atoms with Crippen LogP contribution in [0.25, 0.3) is 0 Å². The first-order valence-corrected chi connectivity index (χ1v) is 15.4. The number of likely N-dealkylation sites (tertiary alicyclic amines) is 1. The van der Waals surface area contributed by atoms with Gasteiger partial charge in [-0.15, -0.1) is 0 Å². The molecule has 0 aromatic heterocycles. The number of hydrogen-bond donors (Lipinski definition) is 0. The van der Waals surface area contributed by atoms with Crippen LogP contribution in [0.15, 0.2) is 48.5 Å². The quantitative estimate of drug-likeness (QED) is 0.498. The molecule has 2 bridgehead atoms. The Labute approximate surface area is 226 Å². The molecule has 5 atom stereocenters.